The summed E-state index contributed by atoms with van der Waals surface area (Å²) in [6.07, 6.45) is 1.47. The lowest BCUT2D eigenvalue weighted by atomic mass is 10.4. The van der Waals surface area contributed by atoms with Crippen LogP contribution in [0.1, 0.15) is 12.2 Å². The summed E-state index contributed by atoms with van der Waals surface area (Å²) < 4.78 is 32.9. The first-order valence-electron chi connectivity index (χ1n) is 5.47. The predicted octanol–water partition coefficient (Wildman–Crippen LogP) is -1.36. The molecule has 19 heavy (non-hydrogen) atoms. The van der Waals surface area contributed by atoms with E-state index in [4.69, 9.17) is 0 Å². The number of aromatic nitrogens is 3. The molecule has 0 saturated carbocycles. The van der Waals surface area contributed by atoms with Crippen molar-refractivity contribution < 1.29 is 17.9 Å². The standard InChI is InChI=1S/C9H17N5O4S/c1-13-7-10-8(12-13)6-11-19(16,17)14(2)5-4-9(15)18-3/h7,11H,4-6H2,1-3H3. The van der Waals surface area contributed by atoms with Crippen molar-refractivity contribution in [3.63, 3.8) is 0 Å². The number of rotatable bonds is 7. The number of methoxy groups -OCH3 is 1. The molecule has 10 heteroatoms. The van der Waals surface area contributed by atoms with Crippen LogP contribution in [0.5, 0.6) is 0 Å². The molecule has 0 spiro atoms. The van der Waals surface area contributed by atoms with Gasteiger partial charge < -0.3 is 4.74 Å². The average molecular weight is 291 g/mol. The van der Waals surface area contributed by atoms with E-state index in [1.165, 1.54) is 25.2 Å². The number of hydrogen-bond donors (Lipinski definition) is 1. The molecule has 1 N–H and O–H groups in total. The second kappa shape index (κ2) is 6.59. The van der Waals surface area contributed by atoms with Gasteiger partial charge in [0.25, 0.3) is 10.2 Å². The van der Waals surface area contributed by atoms with Crippen molar-refractivity contribution in [2.75, 3.05) is 20.7 Å². The van der Waals surface area contributed by atoms with Crippen molar-refractivity contribution >= 4 is 16.2 Å². The fourth-order valence-electron chi connectivity index (χ4n) is 1.20. The molecule has 1 heterocycles. The number of ether oxygens (including phenoxy) is 1. The molecule has 0 atom stereocenters. The van der Waals surface area contributed by atoms with E-state index in [9.17, 15) is 13.2 Å². The number of aryl methyl sites for hydroxylation is 1. The molecule has 0 aromatic carbocycles. The summed E-state index contributed by atoms with van der Waals surface area (Å²) in [5.41, 5.74) is 0. The fourth-order valence-corrected chi connectivity index (χ4v) is 2.07. The number of hydrogen-bond acceptors (Lipinski definition) is 6. The number of esters is 1. The summed E-state index contributed by atoms with van der Waals surface area (Å²) in [4.78, 5) is 14.8. The second-order valence-electron chi connectivity index (χ2n) is 3.81. The van der Waals surface area contributed by atoms with Gasteiger partial charge in [0.15, 0.2) is 5.82 Å². The van der Waals surface area contributed by atoms with Crippen molar-refractivity contribution in [1.82, 2.24) is 23.8 Å². The fraction of sp³-hybridized carbons (Fsp3) is 0.667. The van der Waals surface area contributed by atoms with Crippen LogP contribution in [0.2, 0.25) is 0 Å². The monoisotopic (exact) mass is 291 g/mol. The third kappa shape index (κ3) is 4.93. The Morgan fingerprint density at radius 3 is 2.79 bits per heavy atom. The maximum Gasteiger partial charge on any atom is 0.306 e. The van der Waals surface area contributed by atoms with Crippen LogP contribution in [0.25, 0.3) is 0 Å². The number of carbonyl (C=O) groups excluding carboxylic acids is 1. The van der Waals surface area contributed by atoms with E-state index < -0.39 is 16.2 Å². The molecule has 0 aliphatic rings. The van der Waals surface area contributed by atoms with E-state index in [-0.39, 0.29) is 19.5 Å². The molecule has 0 bridgehead atoms. The summed E-state index contributed by atoms with van der Waals surface area (Å²) >= 11 is 0. The summed E-state index contributed by atoms with van der Waals surface area (Å²) in [7, 11) is 0.645. The smallest absolute Gasteiger partial charge is 0.306 e. The number of nitrogens with one attached hydrogen (secondary N) is 1. The van der Waals surface area contributed by atoms with Gasteiger partial charge >= 0.3 is 5.97 Å². The quantitative estimate of drug-likeness (QED) is 0.622. The molecule has 0 unspecified atom stereocenters. The molecule has 0 aliphatic carbocycles. The van der Waals surface area contributed by atoms with Crippen molar-refractivity contribution in [2.45, 2.75) is 13.0 Å². The van der Waals surface area contributed by atoms with Crippen LogP contribution in [0.15, 0.2) is 6.33 Å². The Morgan fingerprint density at radius 2 is 2.26 bits per heavy atom. The maximum absolute atomic E-state index is 11.8. The Balaban J connectivity index is 2.48. The molecule has 9 nitrogen and oxygen atoms in total. The van der Waals surface area contributed by atoms with Crippen LogP contribution in [-0.2, 0) is 33.3 Å². The van der Waals surface area contributed by atoms with Crippen LogP contribution in [-0.4, -0.2) is 54.2 Å². The zero-order valence-electron chi connectivity index (χ0n) is 11.0. The lowest BCUT2D eigenvalue weighted by Gasteiger charge is -2.16. The summed E-state index contributed by atoms with van der Waals surface area (Å²) in [6.45, 7) is 0.0311. The van der Waals surface area contributed by atoms with E-state index in [1.54, 1.807) is 7.05 Å². The molecule has 0 amide bonds. The van der Waals surface area contributed by atoms with Crippen molar-refractivity contribution in [2.24, 2.45) is 7.05 Å². The first kappa shape index (κ1) is 15.5. The number of nitrogens with zero attached hydrogens (tertiary/aromatic N) is 4. The largest absolute Gasteiger partial charge is 0.469 e. The Hall–Kier alpha value is -1.52. The van der Waals surface area contributed by atoms with Gasteiger partial charge in [0.2, 0.25) is 0 Å². The zero-order chi connectivity index (χ0) is 14.5. The summed E-state index contributed by atoms with van der Waals surface area (Å²) in [6, 6.07) is 0. The third-order valence-corrected chi connectivity index (χ3v) is 3.84. The van der Waals surface area contributed by atoms with Gasteiger partial charge in [-0.05, 0) is 0 Å². The normalized spacial score (nSPS) is 11.8. The van der Waals surface area contributed by atoms with Gasteiger partial charge in [-0.3, -0.25) is 9.48 Å². The Kier molecular flexibility index (Phi) is 5.39. The van der Waals surface area contributed by atoms with Crippen LogP contribution >= 0.6 is 0 Å². The molecule has 0 saturated heterocycles. The van der Waals surface area contributed by atoms with E-state index >= 15 is 0 Å². The first-order chi connectivity index (χ1) is 8.85. The molecular weight excluding hydrogens is 274 g/mol. The van der Waals surface area contributed by atoms with Crippen molar-refractivity contribution in [3.8, 4) is 0 Å². The van der Waals surface area contributed by atoms with Gasteiger partial charge in [-0.15, -0.1) is 0 Å². The molecular formula is C9H17N5O4S. The number of carbonyl (C=O) groups is 1. The van der Waals surface area contributed by atoms with E-state index in [0.29, 0.717) is 5.82 Å². The summed E-state index contributed by atoms with van der Waals surface area (Å²) in [5.74, 6) is -0.0964. The molecule has 1 aromatic heterocycles. The van der Waals surface area contributed by atoms with E-state index in [1.807, 2.05) is 0 Å². The highest BCUT2D eigenvalue weighted by Gasteiger charge is 2.18. The van der Waals surface area contributed by atoms with Gasteiger partial charge in [0, 0.05) is 20.6 Å². The van der Waals surface area contributed by atoms with Gasteiger partial charge in [0.05, 0.1) is 20.1 Å². The molecule has 1 aromatic rings. The first-order valence-corrected chi connectivity index (χ1v) is 6.91. The lowest BCUT2D eigenvalue weighted by Crippen LogP contribution is -2.39. The maximum atomic E-state index is 11.8. The molecule has 0 aliphatic heterocycles. The minimum Gasteiger partial charge on any atom is -0.469 e. The minimum absolute atomic E-state index is 0.00422. The van der Waals surface area contributed by atoms with Crippen LogP contribution in [0.3, 0.4) is 0 Å². The van der Waals surface area contributed by atoms with Gasteiger partial charge in [0.1, 0.15) is 6.33 Å². The van der Waals surface area contributed by atoms with Crippen molar-refractivity contribution in [3.05, 3.63) is 12.2 Å². The van der Waals surface area contributed by atoms with Gasteiger partial charge in [-0.25, -0.2) is 4.98 Å². The summed E-state index contributed by atoms with van der Waals surface area (Å²) in [5, 5.41) is 3.95. The Labute approximate surface area is 111 Å². The molecule has 0 fully saturated rings. The minimum atomic E-state index is -3.67. The van der Waals surface area contributed by atoms with Gasteiger partial charge in [-0.1, -0.05) is 0 Å². The highest BCUT2D eigenvalue weighted by molar-refractivity contribution is 7.87. The van der Waals surface area contributed by atoms with E-state index in [0.717, 1.165) is 4.31 Å². The predicted molar refractivity (Wildman–Crippen MR) is 66.0 cm³/mol. The Morgan fingerprint density at radius 1 is 1.58 bits per heavy atom. The van der Waals surface area contributed by atoms with Crippen LogP contribution in [0.4, 0.5) is 0 Å². The molecule has 108 valence electrons. The van der Waals surface area contributed by atoms with Crippen LogP contribution in [0, 0.1) is 0 Å². The van der Waals surface area contributed by atoms with Crippen molar-refractivity contribution in [1.29, 1.82) is 0 Å². The highest BCUT2D eigenvalue weighted by Crippen LogP contribution is 1.98. The molecule has 1 rings (SSSR count). The zero-order valence-corrected chi connectivity index (χ0v) is 11.8. The molecule has 0 radical (unpaired) electrons. The lowest BCUT2D eigenvalue weighted by molar-refractivity contribution is -0.140. The highest BCUT2D eigenvalue weighted by atomic mass is 32.2. The second-order valence-corrected chi connectivity index (χ2v) is 5.67. The van der Waals surface area contributed by atoms with Gasteiger partial charge in [-0.2, -0.15) is 22.5 Å². The topological polar surface area (TPSA) is 106 Å². The SMILES string of the molecule is COC(=O)CCN(C)S(=O)(=O)NCc1ncn(C)n1. The third-order valence-electron chi connectivity index (χ3n) is 2.33. The van der Waals surface area contributed by atoms with Crippen LogP contribution < -0.4 is 4.72 Å². The Bertz CT molecular complexity index is 526. The average Bonchev–Trinajstić information content (AvgIpc) is 2.79. The van der Waals surface area contributed by atoms with E-state index in [2.05, 4.69) is 19.5 Å².